The van der Waals surface area contributed by atoms with E-state index in [1.165, 1.54) is 10.6 Å². The van der Waals surface area contributed by atoms with Crippen LogP contribution in [0.25, 0.3) is 0 Å². The molecule has 0 spiro atoms. The van der Waals surface area contributed by atoms with Gasteiger partial charge in [0.2, 0.25) is 0 Å². The average molecular weight is 269 g/mol. The van der Waals surface area contributed by atoms with Gasteiger partial charge in [0.15, 0.2) is 0 Å². The Hall–Kier alpha value is -0.490. The highest BCUT2D eigenvalue weighted by molar-refractivity contribution is 7.11. The number of hydrogen-bond acceptors (Lipinski definition) is 5. The summed E-state index contributed by atoms with van der Waals surface area (Å²) >= 11 is 1.79. The molecule has 2 rings (SSSR count). The summed E-state index contributed by atoms with van der Waals surface area (Å²) < 4.78 is 5.75. The number of rotatable bonds is 4. The molecule has 0 aliphatic carbocycles. The minimum Gasteiger partial charge on any atom is -0.374 e. The van der Waals surface area contributed by atoms with Crippen molar-refractivity contribution in [2.24, 2.45) is 0 Å². The maximum Gasteiger partial charge on any atom is 0.0900 e. The topological polar surface area (TPSA) is 37.4 Å². The molecule has 5 heteroatoms. The molecule has 1 saturated heterocycles. The van der Waals surface area contributed by atoms with Crippen LogP contribution in [0.1, 0.15) is 28.5 Å². The van der Waals surface area contributed by atoms with Gasteiger partial charge in [0, 0.05) is 24.5 Å². The number of nitrogens with one attached hydrogen (secondary N) is 1. The van der Waals surface area contributed by atoms with Crippen LogP contribution in [0.4, 0.5) is 0 Å². The van der Waals surface area contributed by atoms with Crippen LogP contribution in [0.5, 0.6) is 0 Å². The van der Waals surface area contributed by atoms with Gasteiger partial charge in [-0.25, -0.2) is 4.98 Å². The molecular weight excluding hydrogens is 246 g/mol. The molecule has 2 unspecified atom stereocenters. The number of nitrogens with zero attached hydrogens (tertiary/aromatic N) is 2. The van der Waals surface area contributed by atoms with Crippen molar-refractivity contribution in [2.75, 3.05) is 33.3 Å². The van der Waals surface area contributed by atoms with Crippen molar-refractivity contribution >= 4 is 11.3 Å². The number of ether oxygens (including phenoxy) is 1. The molecule has 102 valence electrons. The normalized spacial score (nSPS) is 23.2. The van der Waals surface area contributed by atoms with Gasteiger partial charge in [-0.15, -0.1) is 11.3 Å². The fourth-order valence-corrected chi connectivity index (χ4v) is 3.46. The van der Waals surface area contributed by atoms with Crippen LogP contribution in [0.15, 0.2) is 0 Å². The van der Waals surface area contributed by atoms with E-state index in [0.29, 0.717) is 12.1 Å². The molecular formula is C13H23N3OS. The second-order valence-electron chi connectivity index (χ2n) is 4.90. The number of hydrogen-bond donors (Lipinski definition) is 1. The summed E-state index contributed by atoms with van der Waals surface area (Å²) in [4.78, 5) is 8.50. The Balaban J connectivity index is 2.04. The summed E-state index contributed by atoms with van der Waals surface area (Å²) in [6.45, 7) is 10.2. The fourth-order valence-electron chi connectivity index (χ4n) is 2.55. The van der Waals surface area contributed by atoms with Gasteiger partial charge in [-0.2, -0.15) is 0 Å². The zero-order chi connectivity index (χ0) is 13.1. The van der Waals surface area contributed by atoms with Crippen molar-refractivity contribution < 1.29 is 4.74 Å². The van der Waals surface area contributed by atoms with Gasteiger partial charge >= 0.3 is 0 Å². The summed E-state index contributed by atoms with van der Waals surface area (Å²) in [5.41, 5.74) is 1.24. The van der Waals surface area contributed by atoms with Gasteiger partial charge < -0.3 is 10.1 Å². The maximum atomic E-state index is 5.75. The Morgan fingerprint density at radius 2 is 2.33 bits per heavy atom. The van der Waals surface area contributed by atoms with Gasteiger partial charge in [0.1, 0.15) is 0 Å². The highest BCUT2D eigenvalue weighted by atomic mass is 32.1. The lowest BCUT2D eigenvalue weighted by molar-refractivity contribution is -0.0398. The van der Waals surface area contributed by atoms with E-state index in [4.69, 9.17) is 4.74 Å². The van der Waals surface area contributed by atoms with Crippen LogP contribution < -0.4 is 5.32 Å². The monoisotopic (exact) mass is 269 g/mol. The molecule has 4 nitrogen and oxygen atoms in total. The van der Waals surface area contributed by atoms with Crippen LogP contribution in [0, 0.1) is 13.8 Å². The summed E-state index contributed by atoms with van der Waals surface area (Å²) in [5, 5.41) is 4.35. The van der Waals surface area contributed by atoms with Crippen molar-refractivity contribution in [3.8, 4) is 0 Å². The van der Waals surface area contributed by atoms with Gasteiger partial charge in [0.25, 0.3) is 0 Å². The van der Waals surface area contributed by atoms with Crippen molar-refractivity contribution in [2.45, 2.75) is 32.9 Å². The Labute approximate surface area is 113 Å². The first-order chi connectivity index (χ1) is 8.61. The van der Waals surface area contributed by atoms with E-state index in [9.17, 15) is 0 Å². The summed E-state index contributed by atoms with van der Waals surface area (Å²) in [6.07, 6.45) is 0.297. The molecule has 1 aliphatic heterocycles. The predicted octanol–water partition coefficient (Wildman–Crippen LogP) is 1.74. The van der Waals surface area contributed by atoms with E-state index in [0.717, 1.165) is 31.2 Å². The number of aryl methyl sites for hydroxylation is 2. The molecule has 0 radical (unpaired) electrons. The van der Waals surface area contributed by atoms with E-state index >= 15 is 0 Å². The molecule has 1 fully saturated rings. The second-order valence-corrected chi connectivity index (χ2v) is 6.30. The standard InChI is InChI=1S/C13H23N3OS/c1-9(13-10(2)18-11(3)15-13)16-5-6-17-12(8-16)7-14-4/h9,12,14H,5-8H2,1-4H3. The lowest BCUT2D eigenvalue weighted by atomic mass is 10.1. The lowest BCUT2D eigenvalue weighted by Gasteiger charge is -2.36. The third kappa shape index (κ3) is 3.09. The minimum absolute atomic E-state index is 0.297. The Bertz CT molecular complexity index is 392. The first-order valence-electron chi connectivity index (χ1n) is 6.56. The molecule has 1 aliphatic rings. The van der Waals surface area contributed by atoms with E-state index in [1.54, 1.807) is 11.3 Å². The van der Waals surface area contributed by atoms with Crippen molar-refractivity contribution in [3.05, 3.63) is 15.6 Å². The van der Waals surface area contributed by atoms with E-state index in [-0.39, 0.29) is 0 Å². The third-order valence-electron chi connectivity index (χ3n) is 3.48. The Morgan fingerprint density at radius 1 is 1.56 bits per heavy atom. The molecule has 2 heterocycles. The highest BCUT2D eigenvalue weighted by Gasteiger charge is 2.26. The number of thiazole rings is 1. The Morgan fingerprint density at radius 3 is 2.94 bits per heavy atom. The molecule has 18 heavy (non-hydrogen) atoms. The summed E-state index contributed by atoms with van der Waals surface area (Å²) in [7, 11) is 1.97. The van der Waals surface area contributed by atoms with Crippen LogP contribution in [-0.4, -0.2) is 49.3 Å². The van der Waals surface area contributed by atoms with Crippen LogP contribution in [0.3, 0.4) is 0 Å². The molecule has 0 saturated carbocycles. The molecule has 0 bridgehead atoms. The van der Waals surface area contributed by atoms with Crippen molar-refractivity contribution in [1.29, 1.82) is 0 Å². The average Bonchev–Trinajstić information content (AvgIpc) is 2.68. The minimum atomic E-state index is 0.297. The zero-order valence-electron chi connectivity index (χ0n) is 11.7. The maximum absolute atomic E-state index is 5.75. The van der Waals surface area contributed by atoms with E-state index in [1.807, 2.05) is 7.05 Å². The van der Waals surface area contributed by atoms with Crippen molar-refractivity contribution in [3.63, 3.8) is 0 Å². The van der Waals surface area contributed by atoms with Gasteiger partial charge in [-0.05, 0) is 27.8 Å². The Kier molecular flexibility index (Phi) is 4.72. The second kappa shape index (κ2) is 6.10. The SMILES string of the molecule is CNCC1CN(C(C)c2nc(C)sc2C)CCO1. The highest BCUT2D eigenvalue weighted by Crippen LogP contribution is 2.27. The van der Waals surface area contributed by atoms with Crippen molar-refractivity contribution in [1.82, 2.24) is 15.2 Å². The van der Waals surface area contributed by atoms with Gasteiger partial charge in [-0.1, -0.05) is 0 Å². The quantitative estimate of drug-likeness (QED) is 0.903. The number of aromatic nitrogens is 1. The van der Waals surface area contributed by atoms with Crippen LogP contribution in [0.2, 0.25) is 0 Å². The molecule has 1 aromatic heterocycles. The summed E-state index contributed by atoms with van der Waals surface area (Å²) in [5.74, 6) is 0. The number of likely N-dealkylation sites (N-methyl/N-ethyl adjacent to an activating group) is 1. The molecule has 2 atom stereocenters. The summed E-state index contributed by atoms with van der Waals surface area (Å²) in [6, 6.07) is 0.387. The fraction of sp³-hybridized carbons (Fsp3) is 0.769. The molecule has 0 aromatic carbocycles. The van der Waals surface area contributed by atoms with Gasteiger partial charge in [-0.3, -0.25) is 4.90 Å². The van der Waals surface area contributed by atoms with E-state index < -0.39 is 0 Å². The zero-order valence-corrected chi connectivity index (χ0v) is 12.5. The molecule has 1 aromatic rings. The third-order valence-corrected chi connectivity index (χ3v) is 4.39. The first-order valence-corrected chi connectivity index (χ1v) is 7.37. The predicted molar refractivity (Wildman–Crippen MR) is 75.2 cm³/mol. The smallest absolute Gasteiger partial charge is 0.0900 e. The molecule has 0 amide bonds. The number of morpholine rings is 1. The molecule has 1 N–H and O–H groups in total. The van der Waals surface area contributed by atoms with Crippen LogP contribution in [-0.2, 0) is 4.74 Å². The largest absolute Gasteiger partial charge is 0.374 e. The lowest BCUT2D eigenvalue weighted by Crippen LogP contribution is -2.47. The van der Waals surface area contributed by atoms with E-state index in [2.05, 4.69) is 36.0 Å². The first kappa shape index (κ1) is 13.9. The van der Waals surface area contributed by atoms with Crippen LogP contribution >= 0.6 is 11.3 Å². The van der Waals surface area contributed by atoms with Gasteiger partial charge in [0.05, 0.1) is 29.5 Å².